The van der Waals surface area contributed by atoms with Crippen LogP contribution in [0.3, 0.4) is 0 Å². The Bertz CT molecular complexity index is 713. The maximum Gasteiger partial charge on any atom is 0.271 e. The third-order valence-electron chi connectivity index (χ3n) is 3.01. The fraction of sp³-hybridized carbons (Fsp3) is 0.125. The summed E-state index contributed by atoms with van der Waals surface area (Å²) >= 11 is 0. The van der Waals surface area contributed by atoms with Crippen molar-refractivity contribution in [3.05, 3.63) is 65.2 Å². The van der Waals surface area contributed by atoms with Crippen molar-refractivity contribution < 1.29 is 18.3 Å². The molecule has 0 fully saturated rings. The Morgan fingerprint density at radius 1 is 1.05 bits per heavy atom. The Kier molecular flexibility index (Phi) is 4.83. The Morgan fingerprint density at radius 2 is 1.68 bits per heavy atom. The summed E-state index contributed by atoms with van der Waals surface area (Å²) < 4.78 is 31.0. The van der Waals surface area contributed by atoms with Crippen LogP contribution < -0.4 is 10.2 Å². The Hall–Kier alpha value is -2.76. The van der Waals surface area contributed by atoms with E-state index in [-0.39, 0.29) is 0 Å². The zero-order valence-corrected chi connectivity index (χ0v) is 12.1. The molecule has 2 aromatic rings. The summed E-state index contributed by atoms with van der Waals surface area (Å²) in [6.07, 6.45) is 0. The van der Waals surface area contributed by atoms with Crippen molar-refractivity contribution in [1.82, 2.24) is 5.43 Å². The summed E-state index contributed by atoms with van der Waals surface area (Å²) in [5.74, 6) is -1.67. The highest BCUT2D eigenvalue weighted by atomic mass is 19.2. The Balaban J connectivity index is 2.08. The number of rotatable bonds is 4. The molecule has 0 spiro atoms. The van der Waals surface area contributed by atoms with Crippen LogP contribution in [0.1, 0.15) is 22.8 Å². The van der Waals surface area contributed by atoms with Crippen molar-refractivity contribution in [3.63, 3.8) is 0 Å². The molecule has 0 atom stereocenters. The Morgan fingerprint density at radius 3 is 2.27 bits per heavy atom. The number of carbonyl (C=O) groups is 1. The molecule has 1 amide bonds. The van der Waals surface area contributed by atoms with Gasteiger partial charge in [0.15, 0.2) is 11.6 Å². The van der Waals surface area contributed by atoms with Crippen molar-refractivity contribution in [2.75, 3.05) is 7.11 Å². The van der Waals surface area contributed by atoms with Crippen LogP contribution in [0.15, 0.2) is 47.6 Å². The summed E-state index contributed by atoms with van der Waals surface area (Å²) in [7, 11) is 1.53. The molecule has 0 aliphatic carbocycles. The van der Waals surface area contributed by atoms with Crippen LogP contribution in [-0.2, 0) is 0 Å². The molecule has 0 heterocycles. The van der Waals surface area contributed by atoms with E-state index in [9.17, 15) is 13.6 Å². The Labute approximate surface area is 126 Å². The van der Waals surface area contributed by atoms with Crippen molar-refractivity contribution in [1.29, 1.82) is 0 Å². The third kappa shape index (κ3) is 3.66. The van der Waals surface area contributed by atoms with E-state index in [1.807, 2.05) is 0 Å². The molecule has 0 saturated carbocycles. The number of carbonyl (C=O) groups excluding carboxylic acids is 1. The lowest BCUT2D eigenvalue weighted by Gasteiger charge is -2.04. The van der Waals surface area contributed by atoms with Crippen molar-refractivity contribution in [2.45, 2.75) is 6.92 Å². The van der Waals surface area contributed by atoms with E-state index < -0.39 is 17.5 Å². The van der Waals surface area contributed by atoms with Gasteiger partial charge in [0.05, 0.1) is 12.8 Å². The van der Waals surface area contributed by atoms with Crippen molar-refractivity contribution >= 4 is 11.6 Å². The maximum atomic E-state index is 13.1. The summed E-state index contributed by atoms with van der Waals surface area (Å²) in [6, 6.07) is 9.91. The molecular formula is C16H14F2N2O2. The number of hydrazone groups is 1. The zero-order chi connectivity index (χ0) is 16.1. The van der Waals surface area contributed by atoms with Crippen LogP contribution in [0.4, 0.5) is 8.78 Å². The van der Waals surface area contributed by atoms with Gasteiger partial charge in [0.25, 0.3) is 5.91 Å². The van der Waals surface area contributed by atoms with Crippen LogP contribution in [-0.4, -0.2) is 18.7 Å². The lowest BCUT2D eigenvalue weighted by molar-refractivity contribution is 0.0955. The van der Waals surface area contributed by atoms with Crippen molar-refractivity contribution in [3.8, 4) is 5.75 Å². The van der Waals surface area contributed by atoms with Gasteiger partial charge in [-0.25, -0.2) is 14.2 Å². The van der Waals surface area contributed by atoms with E-state index in [1.165, 1.54) is 13.2 Å². The number of hydrogen-bond acceptors (Lipinski definition) is 3. The first-order chi connectivity index (χ1) is 10.5. The van der Waals surface area contributed by atoms with Gasteiger partial charge >= 0.3 is 0 Å². The second kappa shape index (κ2) is 6.80. The molecule has 0 aromatic heterocycles. The fourth-order valence-corrected chi connectivity index (χ4v) is 1.73. The van der Waals surface area contributed by atoms with Gasteiger partial charge in [0.2, 0.25) is 0 Å². The predicted molar refractivity (Wildman–Crippen MR) is 79.0 cm³/mol. The van der Waals surface area contributed by atoms with Gasteiger partial charge in [0.1, 0.15) is 5.75 Å². The first kappa shape index (κ1) is 15.6. The molecular weight excluding hydrogens is 290 g/mol. The molecule has 4 nitrogen and oxygen atoms in total. The standard InChI is InChI=1S/C16H14F2N2O2/c1-10(12-5-8-14(17)15(18)9-12)19-20-16(21)11-3-6-13(22-2)7-4-11/h3-9H,1-2H3,(H,20,21)/b19-10-. The molecule has 0 radical (unpaired) electrons. The zero-order valence-electron chi connectivity index (χ0n) is 12.1. The number of methoxy groups -OCH3 is 1. The highest BCUT2D eigenvalue weighted by Gasteiger charge is 2.07. The smallest absolute Gasteiger partial charge is 0.271 e. The molecule has 0 unspecified atom stereocenters. The van der Waals surface area contributed by atoms with Gasteiger partial charge < -0.3 is 4.74 Å². The number of ether oxygens (including phenoxy) is 1. The molecule has 0 saturated heterocycles. The van der Waals surface area contributed by atoms with Gasteiger partial charge in [-0.2, -0.15) is 5.10 Å². The number of nitrogens with zero attached hydrogens (tertiary/aromatic N) is 1. The first-order valence-corrected chi connectivity index (χ1v) is 6.45. The largest absolute Gasteiger partial charge is 0.497 e. The van der Waals surface area contributed by atoms with Gasteiger partial charge in [-0.3, -0.25) is 4.79 Å². The first-order valence-electron chi connectivity index (χ1n) is 6.45. The minimum absolute atomic E-state index is 0.362. The van der Waals surface area contributed by atoms with E-state index in [0.29, 0.717) is 22.6 Å². The molecule has 2 aromatic carbocycles. The third-order valence-corrected chi connectivity index (χ3v) is 3.01. The van der Waals surface area contributed by atoms with Gasteiger partial charge in [-0.1, -0.05) is 0 Å². The molecule has 0 bridgehead atoms. The molecule has 6 heteroatoms. The van der Waals surface area contributed by atoms with Gasteiger partial charge in [-0.15, -0.1) is 0 Å². The topological polar surface area (TPSA) is 50.7 Å². The van der Waals surface area contributed by atoms with Crippen molar-refractivity contribution in [2.24, 2.45) is 5.10 Å². The quantitative estimate of drug-likeness (QED) is 0.697. The fourth-order valence-electron chi connectivity index (χ4n) is 1.73. The number of hydrogen-bond donors (Lipinski definition) is 1. The van der Waals surface area contributed by atoms with Gasteiger partial charge in [0, 0.05) is 11.1 Å². The molecule has 114 valence electrons. The average Bonchev–Trinajstić information content (AvgIpc) is 2.54. The molecule has 0 aliphatic rings. The van der Waals surface area contributed by atoms with E-state index in [4.69, 9.17) is 4.74 Å². The second-order valence-corrected chi connectivity index (χ2v) is 4.50. The molecule has 0 aliphatic heterocycles. The summed E-state index contributed by atoms with van der Waals surface area (Å²) in [4.78, 5) is 11.9. The second-order valence-electron chi connectivity index (χ2n) is 4.50. The highest BCUT2D eigenvalue weighted by molar-refractivity contribution is 6.00. The van der Waals surface area contributed by atoms with E-state index >= 15 is 0 Å². The lowest BCUT2D eigenvalue weighted by Crippen LogP contribution is -2.19. The number of amides is 1. The number of nitrogens with one attached hydrogen (secondary N) is 1. The summed E-state index contributed by atoms with van der Waals surface area (Å²) in [5.41, 5.74) is 3.51. The number of halogens is 2. The molecule has 22 heavy (non-hydrogen) atoms. The van der Waals surface area contributed by atoms with Crippen LogP contribution in [0.5, 0.6) is 5.75 Å². The van der Waals surface area contributed by atoms with Gasteiger partial charge in [-0.05, 0) is 49.4 Å². The lowest BCUT2D eigenvalue weighted by atomic mass is 10.1. The SMILES string of the molecule is COc1ccc(C(=O)N/N=C(/C)c2ccc(F)c(F)c2)cc1. The molecule has 1 N–H and O–H groups in total. The number of benzene rings is 2. The van der Waals surface area contributed by atoms with Crippen LogP contribution in [0, 0.1) is 11.6 Å². The van der Waals surface area contributed by atoms with Crippen LogP contribution >= 0.6 is 0 Å². The van der Waals surface area contributed by atoms with Crippen LogP contribution in [0.25, 0.3) is 0 Å². The monoisotopic (exact) mass is 304 g/mol. The molecule has 2 rings (SSSR count). The minimum atomic E-state index is -0.964. The summed E-state index contributed by atoms with van der Waals surface area (Å²) in [5, 5.41) is 3.88. The predicted octanol–water partition coefficient (Wildman–Crippen LogP) is 3.13. The normalized spacial score (nSPS) is 11.2. The van der Waals surface area contributed by atoms with E-state index in [1.54, 1.807) is 31.2 Å². The summed E-state index contributed by atoms with van der Waals surface area (Å²) in [6.45, 7) is 1.58. The van der Waals surface area contributed by atoms with Crippen LogP contribution in [0.2, 0.25) is 0 Å². The van der Waals surface area contributed by atoms with E-state index in [2.05, 4.69) is 10.5 Å². The highest BCUT2D eigenvalue weighted by Crippen LogP contribution is 2.12. The average molecular weight is 304 g/mol. The maximum absolute atomic E-state index is 13.1. The minimum Gasteiger partial charge on any atom is -0.497 e. The van der Waals surface area contributed by atoms with E-state index in [0.717, 1.165) is 12.1 Å².